The van der Waals surface area contributed by atoms with Crippen LogP contribution in [0.2, 0.25) is 0 Å². The summed E-state index contributed by atoms with van der Waals surface area (Å²) in [6, 6.07) is 5.38. The molecule has 35 heavy (non-hydrogen) atoms. The van der Waals surface area contributed by atoms with E-state index in [0.717, 1.165) is 28.6 Å². The van der Waals surface area contributed by atoms with Gasteiger partial charge in [0, 0.05) is 25.2 Å². The molecule has 1 aliphatic rings. The molecule has 2 aromatic rings. The van der Waals surface area contributed by atoms with Crippen LogP contribution in [-0.4, -0.2) is 60.5 Å². The molecule has 0 spiro atoms. The van der Waals surface area contributed by atoms with Gasteiger partial charge in [0.05, 0.1) is 29.6 Å². The maximum atomic E-state index is 13.2. The Morgan fingerprint density at radius 3 is 2.37 bits per heavy atom. The van der Waals surface area contributed by atoms with Gasteiger partial charge in [-0.15, -0.1) is 0 Å². The largest absolute Gasteiger partial charge is 0.391 e. The van der Waals surface area contributed by atoms with Gasteiger partial charge in [-0.25, -0.2) is 22.8 Å². The molecule has 1 fully saturated rings. The van der Waals surface area contributed by atoms with Crippen LogP contribution in [0.1, 0.15) is 32.4 Å². The highest BCUT2D eigenvalue weighted by molar-refractivity contribution is 7.89. The smallest absolute Gasteiger partial charge is 0.356 e. The van der Waals surface area contributed by atoms with Gasteiger partial charge >= 0.3 is 6.18 Å². The predicted octanol–water partition coefficient (Wildman–Crippen LogP) is 3.11. The summed E-state index contributed by atoms with van der Waals surface area (Å²) in [4.78, 5) is 22.4. The van der Waals surface area contributed by atoms with Crippen molar-refractivity contribution in [3.8, 4) is 0 Å². The second-order valence-electron chi connectivity index (χ2n) is 8.55. The maximum Gasteiger partial charge on any atom is 0.391 e. The SMILES string of the molecule is CC(C)N(CC(=O)NCc1cc(N2CCC(C(F)(F)F)CC2)ncn1)S(=O)(=O)c1ccc(F)cc1. The first-order valence-corrected chi connectivity index (χ1v) is 12.5. The summed E-state index contributed by atoms with van der Waals surface area (Å²) in [5.41, 5.74) is 0.429. The van der Waals surface area contributed by atoms with Gasteiger partial charge in [0.1, 0.15) is 18.0 Å². The van der Waals surface area contributed by atoms with Crippen LogP contribution in [-0.2, 0) is 21.4 Å². The highest BCUT2D eigenvalue weighted by Gasteiger charge is 2.41. The average Bonchev–Trinajstić information content (AvgIpc) is 2.81. The predicted molar refractivity (Wildman–Crippen MR) is 120 cm³/mol. The number of nitrogens with one attached hydrogen (secondary N) is 1. The van der Waals surface area contributed by atoms with E-state index in [9.17, 15) is 30.8 Å². The number of nitrogens with zero attached hydrogens (tertiary/aromatic N) is 4. The molecule has 8 nitrogen and oxygen atoms in total. The third-order valence-electron chi connectivity index (χ3n) is 5.75. The Morgan fingerprint density at radius 2 is 1.80 bits per heavy atom. The molecule has 0 atom stereocenters. The van der Waals surface area contributed by atoms with Gasteiger partial charge < -0.3 is 10.2 Å². The monoisotopic (exact) mass is 517 g/mol. The zero-order valence-corrected chi connectivity index (χ0v) is 20.1. The van der Waals surface area contributed by atoms with Crippen LogP contribution in [0.25, 0.3) is 0 Å². The summed E-state index contributed by atoms with van der Waals surface area (Å²) >= 11 is 0. The standard InChI is InChI=1S/C22H27F4N5O3S/c1-15(2)31(35(33,34)19-5-3-17(23)4-6-19)13-21(32)27-12-18-11-20(29-14-28-18)30-9-7-16(8-10-30)22(24,25)26/h3-6,11,14-16H,7-10,12-13H2,1-2H3,(H,27,32). The molecule has 1 saturated heterocycles. The van der Waals surface area contributed by atoms with E-state index in [1.54, 1.807) is 24.8 Å². The highest BCUT2D eigenvalue weighted by Crippen LogP contribution is 2.35. The number of hydrogen-bond acceptors (Lipinski definition) is 6. The van der Waals surface area contributed by atoms with E-state index >= 15 is 0 Å². The average molecular weight is 518 g/mol. The van der Waals surface area contributed by atoms with Gasteiger partial charge in [0.2, 0.25) is 15.9 Å². The minimum atomic E-state index is -4.21. The lowest BCUT2D eigenvalue weighted by Crippen LogP contribution is -2.44. The molecule has 13 heteroatoms. The Bertz CT molecular complexity index is 1120. The van der Waals surface area contributed by atoms with Gasteiger partial charge in [-0.2, -0.15) is 17.5 Å². The molecule has 2 heterocycles. The zero-order valence-electron chi connectivity index (χ0n) is 19.3. The van der Waals surface area contributed by atoms with E-state index < -0.39 is 46.4 Å². The van der Waals surface area contributed by atoms with Crippen LogP contribution in [0, 0.1) is 11.7 Å². The molecule has 0 unspecified atom stereocenters. The first-order chi connectivity index (χ1) is 16.4. The molecule has 1 N–H and O–H groups in total. The molecule has 1 aromatic carbocycles. The van der Waals surface area contributed by atoms with Crippen LogP contribution in [0.3, 0.4) is 0 Å². The molecule has 0 bridgehead atoms. The summed E-state index contributed by atoms with van der Waals surface area (Å²) in [6.07, 6.45) is -2.98. The summed E-state index contributed by atoms with van der Waals surface area (Å²) in [5.74, 6) is -2.01. The second kappa shape index (κ2) is 10.9. The van der Waals surface area contributed by atoms with Crippen molar-refractivity contribution in [2.75, 3.05) is 24.5 Å². The number of carbonyl (C=O) groups excluding carboxylic acids is 1. The fraction of sp³-hybridized carbons (Fsp3) is 0.500. The Morgan fingerprint density at radius 1 is 1.17 bits per heavy atom. The van der Waals surface area contributed by atoms with E-state index in [2.05, 4.69) is 15.3 Å². The number of aromatic nitrogens is 2. The van der Waals surface area contributed by atoms with E-state index in [1.807, 2.05) is 0 Å². The van der Waals surface area contributed by atoms with E-state index in [0.29, 0.717) is 11.5 Å². The quantitative estimate of drug-likeness (QED) is 0.541. The number of alkyl halides is 3. The molecule has 3 rings (SSSR count). The van der Waals surface area contributed by atoms with Gasteiger partial charge in [-0.1, -0.05) is 0 Å². The second-order valence-corrected chi connectivity index (χ2v) is 10.4. The summed E-state index contributed by atoms with van der Waals surface area (Å²) in [7, 11) is -4.04. The number of piperidine rings is 1. The first-order valence-electron chi connectivity index (χ1n) is 11.0. The van der Waals surface area contributed by atoms with Crippen molar-refractivity contribution in [1.29, 1.82) is 0 Å². The Kier molecular flexibility index (Phi) is 8.31. The number of benzene rings is 1. The normalized spacial score (nSPS) is 15.6. The lowest BCUT2D eigenvalue weighted by atomic mass is 9.96. The van der Waals surface area contributed by atoms with Gasteiger partial charge in [0.15, 0.2) is 0 Å². The number of rotatable bonds is 8. The molecule has 1 amide bonds. The van der Waals surface area contributed by atoms with E-state index in [4.69, 9.17) is 0 Å². The van der Waals surface area contributed by atoms with Crippen molar-refractivity contribution >= 4 is 21.7 Å². The maximum absolute atomic E-state index is 13.2. The number of halogens is 4. The highest BCUT2D eigenvalue weighted by atomic mass is 32.2. The molecule has 192 valence electrons. The van der Waals surface area contributed by atoms with Crippen LogP contribution in [0.4, 0.5) is 23.4 Å². The Balaban J connectivity index is 1.60. The lowest BCUT2D eigenvalue weighted by molar-refractivity contribution is -0.179. The first kappa shape index (κ1) is 26.8. The Labute approximate surface area is 201 Å². The van der Waals surface area contributed by atoms with Crippen molar-refractivity contribution in [2.45, 2.75) is 50.3 Å². The van der Waals surface area contributed by atoms with Crippen LogP contribution in [0.5, 0.6) is 0 Å². The number of amides is 1. The number of sulfonamides is 1. The molecular formula is C22H27F4N5O3S. The van der Waals surface area contributed by atoms with E-state index in [-0.39, 0.29) is 37.4 Å². The fourth-order valence-corrected chi connectivity index (χ4v) is 5.36. The van der Waals surface area contributed by atoms with Gasteiger partial charge in [0.25, 0.3) is 0 Å². The molecule has 1 aromatic heterocycles. The third-order valence-corrected chi connectivity index (χ3v) is 7.79. The van der Waals surface area contributed by atoms with Crippen molar-refractivity contribution < 1.29 is 30.8 Å². The number of carbonyl (C=O) groups is 1. The molecule has 0 aliphatic carbocycles. The summed E-state index contributed by atoms with van der Waals surface area (Å²) < 4.78 is 78.7. The zero-order chi connectivity index (χ0) is 25.8. The topological polar surface area (TPSA) is 95.5 Å². The summed E-state index contributed by atoms with van der Waals surface area (Å²) in [5, 5.41) is 2.61. The fourth-order valence-electron chi connectivity index (χ4n) is 3.76. The van der Waals surface area contributed by atoms with Crippen molar-refractivity contribution in [3.63, 3.8) is 0 Å². The van der Waals surface area contributed by atoms with Gasteiger partial charge in [-0.05, 0) is 51.0 Å². The Hall–Kier alpha value is -2.80. The molecule has 0 saturated carbocycles. The molecule has 0 radical (unpaired) electrons. The third kappa shape index (κ3) is 6.88. The van der Waals surface area contributed by atoms with Crippen LogP contribution in [0.15, 0.2) is 41.6 Å². The van der Waals surface area contributed by atoms with Crippen LogP contribution < -0.4 is 10.2 Å². The van der Waals surface area contributed by atoms with Crippen molar-refractivity contribution in [1.82, 2.24) is 19.6 Å². The summed E-state index contributed by atoms with van der Waals surface area (Å²) in [6.45, 7) is 3.17. The van der Waals surface area contributed by atoms with Crippen molar-refractivity contribution in [3.05, 3.63) is 48.2 Å². The minimum absolute atomic E-state index is 0.0180. The number of hydrogen-bond donors (Lipinski definition) is 1. The molecular weight excluding hydrogens is 490 g/mol. The lowest BCUT2D eigenvalue weighted by Gasteiger charge is -2.33. The van der Waals surface area contributed by atoms with Crippen LogP contribution >= 0.6 is 0 Å². The number of anilines is 1. The minimum Gasteiger partial charge on any atom is -0.356 e. The van der Waals surface area contributed by atoms with Gasteiger partial charge in [-0.3, -0.25) is 4.79 Å². The molecule has 1 aliphatic heterocycles. The van der Waals surface area contributed by atoms with E-state index in [1.165, 1.54) is 6.33 Å². The van der Waals surface area contributed by atoms with Crippen molar-refractivity contribution in [2.24, 2.45) is 5.92 Å².